The summed E-state index contributed by atoms with van der Waals surface area (Å²) in [5.41, 5.74) is 4.27. The van der Waals surface area contributed by atoms with E-state index in [1.165, 1.54) is 0 Å². The predicted molar refractivity (Wildman–Crippen MR) is 146 cm³/mol. The van der Waals surface area contributed by atoms with Crippen LogP contribution in [0.2, 0.25) is 0 Å². The number of likely N-dealkylation sites (tertiary alicyclic amines) is 1. The molecule has 1 aliphatic rings. The van der Waals surface area contributed by atoms with Crippen LogP contribution < -0.4 is 10.1 Å². The Labute approximate surface area is 217 Å². The molecule has 1 aromatic heterocycles. The van der Waals surface area contributed by atoms with Crippen LogP contribution in [0.1, 0.15) is 45.9 Å². The number of rotatable bonds is 9. The largest absolute Gasteiger partial charge is 0.490 e. The van der Waals surface area contributed by atoms with Gasteiger partial charge in [0.15, 0.2) is 5.78 Å². The average molecular weight is 493 g/mol. The number of nitrogens with zero attached hydrogens (tertiary/aromatic N) is 2. The van der Waals surface area contributed by atoms with E-state index in [1.54, 1.807) is 0 Å². The Morgan fingerprint density at radius 2 is 1.86 bits per heavy atom. The summed E-state index contributed by atoms with van der Waals surface area (Å²) in [4.78, 5) is 19.4. The molecule has 4 aromatic rings. The van der Waals surface area contributed by atoms with Gasteiger partial charge in [-0.25, -0.2) is 0 Å². The molecule has 0 aliphatic carbocycles. The highest BCUT2D eigenvalue weighted by Crippen LogP contribution is 2.29. The average Bonchev–Trinajstić information content (AvgIpc) is 3.36. The first-order valence-corrected chi connectivity index (χ1v) is 12.9. The normalized spacial score (nSPS) is 15.4. The van der Waals surface area contributed by atoms with Crippen molar-refractivity contribution in [3.8, 4) is 11.8 Å². The van der Waals surface area contributed by atoms with Crippen LogP contribution in [0.3, 0.4) is 0 Å². The van der Waals surface area contributed by atoms with Crippen molar-refractivity contribution in [3.05, 3.63) is 101 Å². The van der Waals surface area contributed by atoms with Crippen molar-refractivity contribution in [1.29, 1.82) is 5.26 Å². The first kappa shape index (κ1) is 24.8. The van der Waals surface area contributed by atoms with Crippen molar-refractivity contribution >= 4 is 16.7 Å². The van der Waals surface area contributed by atoms with Crippen LogP contribution in [0.4, 0.5) is 0 Å². The van der Waals surface area contributed by atoms with Gasteiger partial charge in [-0.05, 0) is 61.7 Å². The number of Topliss-reactive ketones (excluding diaryl/α,β-unsaturated/α-hetero) is 1. The predicted octanol–water partition coefficient (Wildman–Crippen LogP) is 5.27. The monoisotopic (exact) mass is 492 g/mol. The fourth-order valence-corrected chi connectivity index (χ4v) is 4.95. The molecule has 3 aromatic carbocycles. The fraction of sp³-hybridized carbons (Fsp3) is 0.290. The number of piperidine rings is 1. The van der Waals surface area contributed by atoms with E-state index in [-0.39, 0.29) is 11.9 Å². The zero-order chi connectivity index (χ0) is 25.6. The molecule has 0 unspecified atom stereocenters. The first-order chi connectivity index (χ1) is 18.1. The Balaban J connectivity index is 1.32. The maximum Gasteiger partial charge on any atom is 0.186 e. The summed E-state index contributed by atoms with van der Waals surface area (Å²) in [6, 6.07) is 25.1. The lowest BCUT2D eigenvalue weighted by molar-refractivity contribution is 0.0945. The number of hydrogen-bond acceptors (Lipinski definition) is 5. The smallest absolute Gasteiger partial charge is 0.186 e. The minimum atomic E-state index is -0.464. The van der Waals surface area contributed by atoms with Gasteiger partial charge in [-0.1, -0.05) is 42.5 Å². The molecule has 2 heterocycles. The molecule has 6 heteroatoms. The van der Waals surface area contributed by atoms with E-state index in [2.05, 4.69) is 28.3 Å². The van der Waals surface area contributed by atoms with Crippen LogP contribution in [0, 0.1) is 11.3 Å². The number of ether oxygens (including phenoxy) is 1. The number of aromatic amines is 1. The quantitative estimate of drug-likeness (QED) is 0.311. The van der Waals surface area contributed by atoms with Gasteiger partial charge >= 0.3 is 0 Å². The third-order valence-corrected chi connectivity index (χ3v) is 7.13. The zero-order valence-corrected chi connectivity index (χ0v) is 21.1. The van der Waals surface area contributed by atoms with E-state index in [9.17, 15) is 4.79 Å². The van der Waals surface area contributed by atoms with Crippen LogP contribution >= 0.6 is 0 Å². The van der Waals surface area contributed by atoms with Gasteiger partial charge in [-0.3, -0.25) is 4.79 Å². The molecule has 0 saturated carbocycles. The maximum atomic E-state index is 13.8. The van der Waals surface area contributed by atoms with E-state index >= 15 is 0 Å². The second-order valence-electron chi connectivity index (χ2n) is 9.75. The maximum absolute atomic E-state index is 13.8. The summed E-state index contributed by atoms with van der Waals surface area (Å²) in [6.45, 7) is 2.73. The number of carbonyl (C=O) groups excluding carboxylic acids is 1. The highest BCUT2D eigenvalue weighted by Gasteiger charge is 2.24. The zero-order valence-electron chi connectivity index (χ0n) is 21.1. The molecule has 0 radical (unpaired) electrons. The van der Waals surface area contributed by atoms with Crippen LogP contribution in [-0.2, 0) is 6.42 Å². The molecule has 1 fully saturated rings. The van der Waals surface area contributed by atoms with Gasteiger partial charge in [0, 0.05) is 48.4 Å². The summed E-state index contributed by atoms with van der Waals surface area (Å²) in [5, 5.41) is 13.4. The lowest BCUT2D eigenvalue weighted by Crippen LogP contribution is -2.35. The van der Waals surface area contributed by atoms with Gasteiger partial charge in [-0.2, -0.15) is 5.26 Å². The number of benzene rings is 3. The van der Waals surface area contributed by atoms with Gasteiger partial charge in [0.25, 0.3) is 0 Å². The van der Waals surface area contributed by atoms with Crippen molar-refractivity contribution in [3.63, 3.8) is 0 Å². The SMILES string of the molecule is CN1CCC(Oc2ccc3c(C(=O)[C@@H](NCCc4ccc(C#N)cc4)c4ccccc4)c[nH]c3c2)CC1. The molecule has 188 valence electrons. The summed E-state index contributed by atoms with van der Waals surface area (Å²) in [5.74, 6) is 0.865. The Hall–Kier alpha value is -3.92. The molecule has 2 N–H and O–H groups in total. The number of nitrogens with one attached hydrogen (secondary N) is 2. The van der Waals surface area contributed by atoms with E-state index in [1.807, 2.05) is 79.0 Å². The van der Waals surface area contributed by atoms with E-state index < -0.39 is 6.04 Å². The molecular formula is C31H32N4O2. The molecule has 37 heavy (non-hydrogen) atoms. The lowest BCUT2D eigenvalue weighted by atomic mass is 9.96. The highest BCUT2D eigenvalue weighted by molar-refractivity contribution is 6.10. The van der Waals surface area contributed by atoms with Gasteiger partial charge in [-0.15, -0.1) is 0 Å². The van der Waals surface area contributed by atoms with E-state index in [0.717, 1.165) is 60.1 Å². The number of hydrogen-bond donors (Lipinski definition) is 2. The third kappa shape index (κ3) is 5.91. The van der Waals surface area contributed by atoms with Gasteiger partial charge in [0.1, 0.15) is 11.9 Å². The summed E-state index contributed by atoms with van der Waals surface area (Å²) < 4.78 is 6.25. The number of ketones is 1. The van der Waals surface area contributed by atoms with Gasteiger partial charge < -0.3 is 19.9 Å². The Bertz CT molecular complexity index is 1380. The number of fused-ring (bicyclic) bond motifs is 1. The molecule has 0 spiro atoms. The standard InChI is InChI=1S/C31H32N4O2/c1-35-17-14-25(15-18-35)37-26-11-12-27-28(21-34-29(27)19-26)31(36)30(24-5-3-2-4-6-24)33-16-13-22-7-9-23(20-32)10-8-22/h2-12,19,21,25,30,33-34H,13-18H2,1H3/t30-/m0/s1. The summed E-state index contributed by atoms with van der Waals surface area (Å²) in [7, 11) is 2.14. The van der Waals surface area contributed by atoms with Crippen molar-refractivity contribution < 1.29 is 9.53 Å². The Kier molecular flexibility index (Phi) is 7.65. The molecule has 5 rings (SSSR count). The molecule has 0 amide bonds. The van der Waals surface area contributed by atoms with Crippen LogP contribution in [-0.4, -0.2) is 48.5 Å². The van der Waals surface area contributed by atoms with Crippen LogP contribution in [0.25, 0.3) is 10.9 Å². The minimum absolute atomic E-state index is 0.0289. The molecule has 1 aliphatic heterocycles. The van der Waals surface area contributed by atoms with E-state index in [4.69, 9.17) is 10.00 Å². The minimum Gasteiger partial charge on any atom is -0.490 e. The molecule has 1 atom stereocenters. The van der Waals surface area contributed by atoms with Crippen LogP contribution in [0.5, 0.6) is 5.75 Å². The molecule has 6 nitrogen and oxygen atoms in total. The number of aromatic nitrogens is 1. The summed E-state index contributed by atoms with van der Waals surface area (Å²) in [6.07, 6.45) is 4.84. The fourth-order valence-electron chi connectivity index (χ4n) is 4.95. The first-order valence-electron chi connectivity index (χ1n) is 12.9. The Morgan fingerprint density at radius 3 is 2.59 bits per heavy atom. The van der Waals surface area contributed by atoms with Crippen molar-refractivity contribution in [2.75, 3.05) is 26.7 Å². The number of carbonyl (C=O) groups is 1. The molecule has 0 bridgehead atoms. The lowest BCUT2D eigenvalue weighted by Gasteiger charge is -2.29. The highest BCUT2D eigenvalue weighted by atomic mass is 16.5. The third-order valence-electron chi connectivity index (χ3n) is 7.13. The van der Waals surface area contributed by atoms with Gasteiger partial charge in [0.05, 0.1) is 17.7 Å². The van der Waals surface area contributed by atoms with Crippen LogP contribution in [0.15, 0.2) is 79.0 Å². The number of H-pyrrole nitrogens is 1. The second-order valence-corrected chi connectivity index (χ2v) is 9.75. The van der Waals surface area contributed by atoms with E-state index in [0.29, 0.717) is 17.7 Å². The molecular weight excluding hydrogens is 460 g/mol. The molecule has 1 saturated heterocycles. The van der Waals surface area contributed by atoms with Crippen molar-refractivity contribution in [2.45, 2.75) is 31.4 Å². The summed E-state index contributed by atoms with van der Waals surface area (Å²) >= 11 is 0. The van der Waals surface area contributed by atoms with Gasteiger partial charge in [0.2, 0.25) is 0 Å². The second kappa shape index (κ2) is 11.4. The van der Waals surface area contributed by atoms with Crippen molar-refractivity contribution in [2.24, 2.45) is 0 Å². The Morgan fingerprint density at radius 1 is 1.11 bits per heavy atom. The topological polar surface area (TPSA) is 81.2 Å². The number of nitriles is 1. The van der Waals surface area contributed by atoms with Crippen molar-refractivity contribution in [1.82, 2.24) is 15.2 Å².